The van der Waals surface area contributed by atoms with Crippen LogP contribution < -0.4 is 0 Å². The van der Waals surface area contributed by atoms with Crippen molar-refractivity contribution in [2.75, 3.05) is 0 Å². The van der Waals surface area contributed by atoms with Gasteiger partial charge in [-0.15, -0.1) is 5.10 Å². The van der Waals surface area contributed by atoms with Gasteiger partial charge in [-0.2, -0.15) is 0 Å². The van der Waals surface area contributed by atoms with Crippen LogP contribution in [0.2, 0.25) is 5.15 Å². The Hall–Kier alpha value is -1.16. The lowest BCUT2D eigenvalue weighted by atomic mass is 10.4. The minimum atomic E-state index is 0.450. The molecule has 0 radical (unpaired) electrons. The van der Waals surface area contributed by atoms with Crippen LogP contribution in [-0.4, -0.2) is 20.0 Å². The fraction of sp³-hybridized carbons (Fsp3) is 0.286. The van der Waals surface area contributed by atoms with Gasteiger partial charge in [-0.3, -0.25) is 0 Å². The molecule has 0 unspecified atom stereocenters. The molecule has 2 aromatic rings. The molecule has 0 saturated heterocycles. The fourth-order valence-corrected chi connectivity index (χ4v) is 1.23. The molecule has 2 aromatic heterocycles. The van der Waals surface area contributed by atoms with Gasteiger partial charge in [-0.05, 0) is 6.92 Å². The summed E-state index contributed by atoms with van der Waals surface area (Å²) in [6, 6.07) is 1.70. The van der Waals surface area contributed by atoms with Gasteiger partial charge < -0.3 is 0 Å². The second kappa shape index (κ2) is 2.71. The number of pyridine rings is 1. The van der Waals surface area contributed by atoms with E-state index in [9.17, 15) is 0 Å². The van der Waals surface area contributed by atoms with Gasteiger partial charge in [-0.1, -0.05) is 16.8 Å². The van der Waals surface area contributed by atoms with Crippen molar-refractivity contribution in [2.45, 2.75) is 13.5 Å². The van der Waals surface area contributed by atoms with Crippen molar-refractivity contribution in [1.29, 1.82) is 0 Å². The third-order valence-corrected chi connectivity index (χ3v) is 1.87. The SMILES string of the molecule is CCn1nnc2cc(Cl)ncc21. The van der Waals surface area contributed by atoms with Crippen LogP contribution >= 0.6 is 11.6 Å². The quantitative estimate of drug-likeness (QED) is 0.628. The molecular formula is C7H7ClN4. The topological polar surface area (TPSA) is 43.6 Å². The molecule has 0 aliphatic heterocycles. The van der Waals surface area contributed by atoms with Crippen LogP contribution in [0.25, 0.3) is 11.0 Å². The van der Waals surface area contributed by atoms with E-state index in [4.69, 9.17) is 11.6 Å². The van der Waals surface area contributed by atoms with Crippen LogP contribution in [0.1, 0.15) is 6.92 Å². The summed E-state index contributed by atoms with van der Waals surface area (Å²) in [5.74, 6) is 0. The number of rotatable bonds is 1. The molecule has 0 aliphatic rings. The lowest BCUT2D eigenvalue weighted by molar-refractivity contribution is 0.646. The summed E-state index contributed by atoms with van der Waals surface area (Å²) >= 11 is 5.68. The van der Waals surface area contributed by atoms with Gasteiger partial charge in [0.15, 0.2) is 0 Å². The molecule has 2 rings (SSSR count). The van der Waals surface area contributed by atoms with Crippen molar-refractivity contribution in [1.82, 2.24) is 20.0 Å². The van der Waals surface area contributed by atoms with Crippen molar-refractivity contribution in [3.8, 4) is 0 Å². The van der Waals surface area contributed by atoms with Gasteiger partial charge in [0, 0.05) is 12.6 Å². The Labute approximate surface area is 74.2 Å². The number of hydrogen-bond acceptors (Lipinski definition) is 3. The zero-order valence-electron chi connectivity index (χ0n) is 6.53. The average Bonchev–Trinajstić information content (AvgIpc) is 2.46. The zero-order chi connectivity index (χ0) is 8.55. The molecule has 12 heavy (non-hydrogen) atoms. The van der Waals surface area contributed by atoms with E-state index in [-0.39, 0.29) is 0 Å². The standard InChI is InChI=1S/C7H7ClN4/c1-2-12-6-4-9-7(8)3-5(6)10-11-12/h3-4H,2H2,1H3. The molecule has 0 aromatic carbocycles. The van der Waals surface area contributed by atoms with Crippen molar-refractivity contribution >= 4 is 22.6 Å². The van der Waals surface area contributed by atoms with Crippen molar-refractivity contribution in [2.24, 2.45) is 0 Å². The minimum absolute atomic E-state index is 0.450. The molecule has 0 atom stereocenters. The molecule has 5 heteroatoms. The molecule has 4 nitrogen and oxygen atoms in total. The highest BCUT2D eigenvalue weighted by Crippen LogP contribution is 2.13. The Balaban J connectivity index is 2.73. The first-order valence-electron chi connectivity index (χ1n) is 3.66. The lowest BCUT2D eigenvalue weighted by Crippen LogP contribution is -1.95. The summed E-state index contributed by atoms with van der Waals surface area (Å²) in [7, 11) is 0. The van der Waals surface area contributed by atoms with Gasteiger partial charge >= 0.3 is 0 Å². The van der Waals surface area contributed by atoms with Crippen LogP contribution in [0, 0.1) is 0 Å². The largest absolute Gasteiger partial charge is 0.243 e. The van der Waals surface area contributed by atoms with E-state index in [1.807, 2.05) is 6.92 Å². The predicted octanol–water partition coefficient (Wildman–Crippen LogP) is 1.50. The number of aryl methyl sites for hydroxylation is 1. The maximum Gasteiger partial charge on any atom is 0.131 e. The number of fused-ring (bicyclic) bond motifs is 1. The molecule has 0 aliphatic carbocycles. The number of halogens is 1. The van der Waals surface area contributed by atoms with Crippen LogP contribution in [0.3, 0.4) is 0 Å². The van der Waals surface area contributed by atoms with Crippen molar-refractivity contribution < 1.29 is 0 Å². The summed E-state index contributed by atoms with van der Waals surface area (Å²) < 4.78 is 1.78. The Morgan fingerprint density at radius 1 is 1.58 bits per heavy atom. The lowest BCUT2D eigenvalue weighted by Gasteiger charge is -1.94. The Morgan fingerprint density at radius 2 is 2.42 bits per heavy atom. The van der Waals surface area contributed by atoms with Gasteiger partial charge in [0.2, 0.25) is 0 Å². The van der Waals surface area contributed by atoms with E-state index in [0.717, 1.165) is 17.6 Å². The van der Waals surface area contributed by atoms with E-state index in [2.05, 4.69) is 15.3 Å². The van der Waals surface area contributed by atoms with Crippen LogP contribution in [-0.2, 0) is 6.54 Å². The predicted molar refractivity (Wildman–Crippen MR) is 46.0 cm³/mol. The summed E-state index contributed by atoms with van der Waals surface area (Å²) in [6.07, 6.45) is 1.68. The summed E-state index contributed by atoms with van der Waals surface area (Å²) in [6.45, 7) is 2.79. The first-order chi connectivity index (χ1) is 5.81. The Kier molecular flexibility index (Phi) is 1.69. The maximum absolute atomic E-state index is 5.68. The molecule has 2 heterocycles. The van der Waals surface area contributed by atoms with Crippen LogP contribution in [0.15, 0.2) is 12.3 Å². The number of nitrogens with zero attached hydrogens (tertiary/aromatic N) is 4. The Bertz CT molecular complexity index is 409. The molecule has 0 N–H and O–H groups in total. The second-order valence-corrected chi connectivity index (χ2v) is 2.79. The van der Waals surface area contributed by atoms with Crippen molar-refractivity contribution in [3.63, 3.8) is 0 Å². The van der Waals surface area contributed by atoms with Crippen molar-refractivity contribution in [3.05, 3.63) is 17.4 Å². The normalized spacial score (nSPS) is 10.8. The highest BCUT2D eigenvalue weighted by atomic mass is 35.5. The van der Waals surface area contributed by atoms with Gasteiger partial charge in [0.05, 0.1) is 6.20 Å². The van der Waals surface area contributed by atoms with E-state index in [1.54, 1.807) is 16.9 Å². The van der Waals surface area contributed by atoms with Gasteiger partial charge in [0.25, 0.3) is 0 Å². The summed E-state index contributed by atoms with van der Waals surface area (Å²) in [5.41, 5.74) is 1.71. The van der Waals surface area contributed by atoms with E-state index in [1.165, 1.54) is 0 Å². The average molecular weight is 183 g/mol. The highest BCUT2D eigenvalue weighted by Gasteiger charge is 2.02. The summed E-state index contributed by atoms with van der Waals surface area (Å²) in [5, 5.41) is 8.31. The molecule has 0 amide bonds. The van der Waals surface area contributed by atoms with Gasteiger partial charge in [-0.25, -0.2) is 9.67 Å². The highest BCUT2D eigenvalue weighted by molar-refractivity contribution is 6.29. The fourth-order valence-electron chi connectivity index (χ4n) is 1.08. The third-order valence-electron chi connectivity index (χ3n) is 1.67. The van der Waals surface area contributed by atoms with Crippen LogP contribution in [0.5, 0.6) is 0 Å². The molecule has 62 valence electrons. The first-order valence-corrected chi connectivity index (χ1v) is 4.04. The van der Waals surface area contributed by atoms with E-state index < -0.39 is 0 Å². The molecule has 0 fully saturated rings. The second-order valence-electron chi connectivity index (χ2n) is 2.40. The smallest absolute Gasteiger partial charge is 0.131 e. The van der Waals surface area contributed by atoms with Gasteiger partial charge in [0.1, 0.15) is 16.2 Å². The molecule has 0 saturated carbocycles. The zero-order valence-corrected chi connectivity index (χ0v) is 7.28. The summed E-state index contributed by atoms with van der Waals surface area (Å²) in [4.78, 5) is 3.95. The number of hydrogen-bond donors (Lipinski definition) is 0. The van der Waals surface area contributed by atoms with E-state index in [0.29, 0.717) is 5.15 Å². The van der Waals surface area contributed by atoms with E-state index >= 15 is 0 Å². The maximum atomic E-state index is 5.68. The Morgan fingerprint density at radius 3 is 3.17 bits per heavy atom. The monoisotopic (exact) mass is 182 g/mol. The minimum Gasteiger partial charge on any atom is -0.243 e. The first kappa shape index (κ1) is 7.49. The molecular weight excluding hydrogens is 176 g/mol. The van der Waals surface area contributed by atoms with Crippen LogP contribution in [0.4, 0.5) is 0 Å². The molecule has 0 bridgehead atoms. The third kappa shape index (κ3) is 1.04. The number of aromatic nitrogens is 4. The molecule has 0 spiro atoms.